The molecule has 15 heavy (non-hydrogen) atoms. The third kappa shape index (κ3) is 3.34. The van der Waals surface area contributed by atoms with Crippen molar-refractivity contribution in [1.29, 1.82) is 0 Å². The first-order valence-electron chi connectivity index (χ1n) is 4.22. The Morgan fingerprint density at radius 1 is 1.47 bits per heavy atom. The van der Waals surface area contributed by atoms with Gasteiger partial charge in [0.25, 0.3) is 10.1 Å². The highest BCUT2D eigenvalue weighted by molar-refractivity contribution is 7.89. The maximum atomic E-state index is 10.8. The number of rotatable bonds is 2. The van der Waals surface area contributed by atoms with Gasteiger partial charge in [-0.05, 0) is 43.2 Å². The van der Waals surface area contributed by atoms with Crippen molar-refractivity contribution in [3.8, 4) is 0 Å². The van der Waals surface area contributed by atoms with Crippen LogP contribution in [0.4, 0.5) is 0 Å². The van der Waals surface area contributed by atoms with E-state index in [0.717, 1.165) is 11.1 Å². The topological polar surface area (TPSA) is 54.4 Å². The van der Waals surface area contributed by atoms with Crippen LogP contribution in [-0.4, -0.2) is 13.0 Å². The number of hydrogen-bond donors (Lipinski definition) is 1. The normalized spacial score (nSPS) is 12.9. The molecule has 0 unspecified atom stereocenters. The lowest BCUT2D eigenvalue weighted by Crippen LogP contribution is -1.98. The van der Waals surface area contributed by atoms with E-state index in [2.05, 4.69) is 0 Å². The van der Waals surface area contributed by atoms with E-state index in [4.69, 9.17) is 16.2 Å². The van der Waals surface area contributed by atoms with Crippen LogP contribution in [-0.2, 0) is 10.1 Å². The molecule has 1 aromatic carbocycles. The summed E-state index contributed by atoms with van der Waals surface area (Å²) in [5.74, 6) is 0. The second-order valence-electron chi connectivity index (χ2n) is 3.23. The van der Waals surface area contributed by atoms with Crippen LogP contribution in [0.3, 0.4) is 0 Å². The molecule has 0 aliphatic rings. The zero-order valence-electron chi connectivity index (χ0n) is 8.36. The number of benzene rings is 1. The van der Waals surface area contributed by atoms with Gasteiger partial charge in [0.15, 0.2) is 0 Å². The molecule has 0 fully saturated rings. The van der Waals surface area contributed by atoms with Gasteiger partial charge in [0, 0.05) is 5.02 Å². The monoisotopic (exact) mass is 246 g/mol. The molecule has 1 N–H and O–H groups in total. The number of allylic oxidation sites excluding steroid dienone is 1. The molecule has 0 aromatic heterocycles. The minimum Gasteiger partial charge on any atom is -0.282 e. The maximum Gasteiger partial charge on any atom is 0.290 e. The van der Waals surface area contributed by atoms with Crippen LogP contribution < -0.4 is 0 Å². The van der Waals surface area contributed by atoms with E-state index in [-0.39, 0.29) is 4.91 Å². The molecular weight excluding hydrogens is 236 g/mol. The Bertz CT molecular complexity index is 503. The lowest BCUT2D eigenvalue weighted by atomic mass is 10.1. The predicted molar refractivity (Wildman–Crippen MR) is 61.4 cm³/mol. The van der Waals surface area contributed by atoms with Crippen molar-refractivity contribution in [2.45, 2.75) is 13.8 Å². The number of hydrogen-bond acceptors (Lipinski definition) is 2. The molecule has 0 amide bonds. The Balaban J connectivity index is 3.21. The zero-order valence-corrected chi connectivity index (χ0v) is 9.93. The molecule has 3 nitrogen and oxygen atoms in total. The minimum atomic E-state index is -4.10. The van der Waals surface area contributed by atoms with Crippen molar-refractivity contribution < 1.29 is 13.0 Å². The van der Waals surface area contributed by atoms with E-state index in [1.807, 2.05) is 6.92 Å². The van der Waals surface area contributed by atoms with Crippen molar-refractivity contribution in [2.75, 3.05) is 0 Å². The summed E-state index contributed by atoms with van der Waals surface area (Å²) in [5, 5.41) is 0.592. The highest BCUT2D eigenvalue weighted by atomic mass is 35.5. The molecule has 82 valence electrons. The zero-order chi connectivity index (χ0) is 11.6. The van der Waals surface area contributed by atoms with Gasteiger partial charge in [0.05, 0.1) is 4.91 Å². The molecule has 0 spiro atoms. The van der Waals surface area contributed by atoms with Gasteiger partial charge in [0.2, 0.25) is 0 Å². The molecule has 0 aliphatic heterocycles. The molecule has 1 rings (SSSR count). The molecule has 1 aromatic rings. The van der Waals surface area contributed by atoms with E-state index in [1.165, 1.54) is 13.0 Å². The smallest absolute Gasteiger partial charge is 0.282 e. The second kappa shape index (κ2) is 4.35. The molecule has 0 atom stereocenters. The molecular formula is C10H11ClO3S. The summed E-state index contributed by atoms with van der Waals surface area (Å²) in [4.78, 5) is -0.0899. The summed E-state index contributed by atoms with van der Waals surface area (Å²) in [6.07, 6.45) is 1.40. The molecule has 0 saturated carbocycles. The molecule has 0 aliphatic carbocycles. The van der Waals surface area contributed by atoms with Crippen LogP contribution >= 0.6 is 11.6 Å². The first kappa shape index (κ1) is 12.2. The third-order valence-corrected chi connectivity index (χ3v) is 3.16. The second-order valence-corrected chi connectivity index (χ2v) is 5.26. The highest BCUT2D eigenvalue weighted by Crippen LogP contribution is 2.18. The van der Waals surface area contributed by atoms with Gasteiger partial charge in [-0.2, -0.15) is 8.42 Å². The fourth-order valence-corrected chi connectivity index (χ4v) is 1.60. The van der Waals surface area contributed by atoms with Gasteiger partial charge in [-0.25, -0.2) is 0 Å². The van der Waals surface area contributed by atoms with Crippen molar-refractivity contribution in [3.05, 3.63) is 39.3 Å². The van der Waals surface area contributed by atoms with Crippen LogP contribution in [0.5, 0.6) is 0 Å². The summed E-state index contributed by atoms with van der Waals surface area (Å²) in [6, 6.07) is 5.09. The lowest BCUT2D eigenvalue weighted by Gasteiger charge is -2.02. The largest absolute Gasteiger partial charge is 0.290 e. The number of halogens is 1. The third-order valence-electron chi connectivity index (χ3n) is 2.00. The molecule has 0 radical (unpaired) electrons. The Morgan fingerprint density at radius 2 is 2.07 bits per heavy atom. The SMILES string of the molecule is C/C(=C\c1ccc(Cl)cc1C)S(=O)(=O)O. The van der Waals surface area contributed by atoms with E-state index in [9.17, 15) is 8.42 Å². The first-order valence-corrected chi connectivity index (χ1v) is 6.04. The maximum absolute atomic E-state index is 10.8. The van der Waals surface area contributed by atoms with E-state index in [1.54, 1.807) is 18.2 Å². The van der Waals surface area contributed by atoms with Gasteiger partial charge in [-0.15, -0.1) is 0 Å². The molecule has 5 heteroatoms. The number of aryl methyl sites for hydroxylation is 1. The van der Waals surface area contributed by atoms with Crippen LogP contribution in [0.1, 0.15) is 18.1 Å². The van der Waals surface area contributed by atoms with Crippen LogP contribution in [0, 0.1) is 6.92 Å². The minimum absolute atomic E-state index is 0.0899. The van der Waals surface area contributed by atoms with Crippen molar-refractivity contribution in [1.82, 2.24) is 0 Å². The van der Waals surface area contributed by atoms with E-state index in [0.29, 0.717) is 5.02 Å². The first-order chi connectivity index (χ1) is 6.80. The van der Waals surface area contributed by atoms with Gasteiger partial charge in [0.1, 0.15) is 0 Å². The quantitative estimate of drug-likeness (QED) is 0.817. The molecule has 0 saturated heterocycles. The fourth-order valence-electron chi connectivity index (χ4n) is 1.09. The van der Waals surface area contributed by atoms with Crippen LogP contribution in [0.25, 0.3) is 6.08 Å². The van der Waals surface area contributed by atoms with Gasteiger partial charge in [-0.3, -0.25) is 4.55 Å². The Hall–Kier alpha value is -0.840. The average molecular weight is 247 g/mol. The summed E-state index contributed by atoms with van der Waals surface area (Å²) < 4.78 is 30.3. The highest BCUT2D eigenvalue weighted by Gasteiger charge is 2.08. The van der Waals surface area contributed by atoms with Crippen molar-refractivity contribution in [2.24, 2.45) is 0 Å². The molecule has 0 bridgehead atoms. The van der Waals surface area contributed by atoms with Crippen LogP contribution in [0.2, 0.25) is 5.02 Å². The summed E-state index contributed by atoms with van der Waals surface area (Å²) in [6.45, 7) is 3.15. The lowest BCUT2D eigenvalue weighted by molar-refractivity contribution is 0.491. The Morgan fingerprint density at radius 3 is 2.53 bits per heavy atom. The average Bonchev–Trinajstić information content (AvgIpc) is 2.08. The van der Waals surface area contributed by atoms with Gasteiger partial charge < -0.3 is 0 Å². The molecule has 0 heterocycles. The van der Waals surface area contributed by atoms with Crippen molar-refractivity contribution in [3.63, 3.8) is 0 Å². The summed E-state index contributed by atoms with van der Waals surface area (Å²) in [7, 11) is -4.10. The Kier molecular flexibility index (Phi) is 3.54. The fraction of sp³-hybridized carbons (Fsp3) is 0.200. The standard InChI is InChI=1S/C10H11ClO3S/c1-7-5-10(11)4-3-9(7)6-8(2)15(12,13)14/h3-6H,1-2H3,(H,12,13,14)/b8-6+. The Labute approximate surface area is 94.1 Å². The van der Waals surface area contributed by atoms with Gasteiger partial charge in [-0.1, -0.05) is 17.7 Å². The van der Waals surface area contributed by atoms with Crippen molar-refractivity contribution >= 4 is 27.8 Å². The van der Waals surface area contributed by atoms with E-state index >= 15 is 0 Å². The predicted octanol–water partition coefficient (Wildman–Crippen LogP) is 2.90. The van der Waals surface area contributed by atoms with Gasteiger partial charge >= 0.3 is 0 Å². The summed E-state index contributed by atoms with van der Waals surface area (Å²) >= 11 is 5.76. The summed E-state index contributed by atoms with van der Waals surface area (Å²) in [5.41, 5.74) is 1.57. The van der Waals surface area contributed by atoms with E-state index < -0.39 is 10.1 Å². The van der Waals surface area contributed by atoms with Crippen LogP contribution in [0.15, 0.2) is 23.1 Å².